The van der Waals surface area contributed by atoms with E-state index >= 15 is 0 Å². The molecule has 5 atom stereocenters. The molecule has 9 heteroatoms. The summed E-state index contributed by atoms with van der Waals surface area (Å²) in [6.07, 6.45) is -1.45. The van der Waals surface area contributed by atoms with Gasteiger partial charge in [-0.3, -0.25) is 0 Å². The van der Waals surface area contributed by atoms with Crippen molar-refractivity contribution in [1.82, 2.24) is 14.5 Å². The van der Waals surface area contributed by atoms with E-state index in [2.05, 4.69) is 9.97 Å². The molecule has 0 unspecified atom stereocenters. The number of benzene rings is 1. The third-order valence-corrected chi connectivity index (χ3v) is 6.02. The molecular formula is C19H19Cl2N3O4. The molecule has 148 valence electrons. The van der Waals surface area contributed by atoms with E-state index in [1.54, 1.807) is 22.9 Å². The highest BCUT2D eigenvalue weighted by Crippen LogP contribution is 2.43. The Morgan fingerprint density at radius 1 is 1.21 bits per heavy atom. The standard InChI is InChI=1S/C19H19Cl2N3O4/c1-9-11-5-6-24(17(11)23-8-22-9)18-15(26)19(2,27)16(28-18)14(25)10-3-4-12(20)13(21)7-10/h3-8,14-16,18,25-27H,1-2H3/t14-,15+,16-,18-,19+/m1/s1. The lowest BCUT2D eigenvalue weighted by Crippen LogP contribution is -2.47. The Morgan fingerprint density at radius 3 is 2.68 bits per heavy atom. The van der Waals surface area contributed by atoms with Crippen molar-refractivity contribution < 1.29 is 20.1 Å². The van der Waals surface area contributed by atoms with Gasteiger partial charge in [-0.25, -0.2) is 9.97 Å². The van der Waals surface area contributed by atoms with Crippen molar-refractivity contribution in [2.45, 2.75) is 44.0 Å². The highest BCUT2D eigenvalue weighted by Gasteiger charge is 2.55. The maximum absolute atomic E-state index is 10.9. The van der Waals surface area contributed by atoms with Crippen molar-refractivity contribution in [3.05, 3.63) is 58.1 Å². The number of hydrogen-bond donors (Lipinski definition) is 3. The zero-order chi connectivity index (χ0) is 20.2. The minimum absolute atomic E-state index is 0.275. The number of fused-ring (bicyclic) bond motifs is 1. The van der Waals surface area contributed by atoms with E-state index in [4.69, 9.17) is 27.9 Å². The minimum Gasteiger partial charge on any atom is -0.386 e. The van der Waals surface area contributed by atoms with Gasteiger partial charge < -0.3 is 24.6 Å². The number of rotatable bonds is 3. The van der Waals surface area contributed by atoms with Gasteiger partial charge in [0.2, 0.25) is 0 Å². The smallest absolute Gasteiger partial charge is 0.164 e. The number of hydrogen-bond acceptors (Lipinski definition) is 6. The van der Waals surface area contributed by atoms with Crippen LogP contribution in [0.4, 0.5) is 0 Å². The predicted molar refractivity (Wildman–Crippen MR) is 104 cm³/mol. The largest absolute Gasteiger partial charge is 0.386 e. The predicted octanol–water partition coefficient (Wildman–Crippen LogP) is 2.79. The first-order chi connectivity index (χ1) is 13.2. The number of nitrogens with zero attached hydrogens (tertiary/aromatic N) is 3. The first kappa shape index (κ1) is 19.6. The first-order valence-electron chi connectivity index (χ1n) is 8.69. The highest BCUT2D eigenvalue weighted by molar-refractivity contribution is 6.42. The van der Waals surface area contributed by atoms with E-state index in [1.165, 1.54) is 19.3 Å². The third kappa shape index (κ3) is 2.99. The Kier molecular flexibility index (Phi) is 4.86. The van der Waals surface area contributed by atoms with E-state index in [0.29, 0.717) is 16.2 Å². The average molecular weight is 424 g/mol. The lowest BCUT2D eigenvalue weighted by molar-refractivity contribution is -0.115. The summed E-state index contributed by atoms with van der Waals surface area (Å²) in [5.41, 5.74) is 0.0463. The molecule has 0 saturated carbocycles. The number of halogens is 2. The number of aliphatic hydroxyl groups excluding tert-OH is 2. The van der Waals surface area contributed by atoms with Crippen LogP contribution in [0.5, 0.6) is 0 Å². The van der Waals surface area contributed by atoms with Gasteiger partial charge in [0.25, 0.3) is 0 Å². The lowest BCUT2D eigenvalue weighted by Gasteiger charge is -2.29. The van der Waals surface area contributed by atoms with Gasteiger partial charge in [0, 0.05) is 11.6 Å². The second-order valence-corrected chi connectivity index (χ2v) is 7.97. The summed E-state index contributed by atoms with van der Waals surface area (Å²) >= 11 is 12.0. The quantitative estimate of drug-likeness (QED) is 0.598. The first-order valence-corrected chi connectivity index (χ1v) is 9.44. The number of aliphatic hydroxyl groups is 3. The van der Waals surface area contributed by atoms with Gasteiger partial charge in [0.15, 0.2) is 6.23 Å². The molecule has 0 radical (unpaired) electrons. The van der Waals surface area contributed by atoms with Gasteiger partial charge in [-0.15, -0.1) is 0 Å². The van der Waals surface area contributed by atoms with Crippen LogP contribution in [0.25, 0.3) is 11.0 Å². The molecule has 1 aliphatic rings. The van der Waals surface area contributed by atoms with Crippen LogP contribution < -0.4 is 0 Å². The summed E-state index contributed by atoms with van der Waals surface area (Å²) in [6.45, 7) is 3.28. The van der Waals surface area contributed by atoms with Gasteiger partial charge in [-0.2, -0.15) is 0 Å². The molecule has 7 nitrogen and oxygen atoms in total. The fraction of sp³-hybridized carbons (Fsp3) is 0.368. The van der Waals surface area contributed by atoms with Crippen molar-refractivity contribution >= 4 is 34.2 Å². The molecule has 0 amide bonds. The molecule has 0 bridgehead atoms. The van der Waals surface area contributed by atoms with Crippen molar-refractivity contribution in [3.8, 4) is 0 Å². The molecule has 1 aliphatic heterocycles. The summed E-state index contributed by atoms with van der Waals surface area (Å²) in [7, 11) is 0. The topological polar surface area (TPSA) is 101 Å². The summed E-state index contributed by atoms with van der Waals surface area (Å²) in [4.78, 5) is 8.42. The number of aryl methyl sites for hydroxylation is 1. The minimum atomic E-state index is -1.73. The monoisotopic (exact) mass is 423 g/mol. The Bertz CT molecular complexity index is 1040. The van der Waals surface area contributed by atoms with E-state index in [1.807, 2.05) is 13.0 Å². The van der Waals surface area contributed by atoms with Crippen LogP contribution in [0, 0.1) is 6.92 Å². The van der Waals surface area contributed by atoms with E-state index in [9.17, 15) is 15.3 Å². The summed E-state index contributed by atoms with van der Waals surface area (Å²) in [6, 6.07) is 6.48. The molecule has 2 aromatic heterocycles. The van der Waals surface area contributed by atoms with Gasteiger partial charge in [0.1, 0.15) is 35.9 Å². The summed E-state index contributed by atoms with van der Waals surface area (Å²) in [5.74, 6) is 0. The molecule has 3 N–H and O–H groups in total. The Balaban J connectivity index is 1.71. The molecule has 3 aromatic rings. The van der Waals surface area contributed by atoms with Gasteiger partial charge in [-0.1, -0.05) is 29.3 Å². The summed E-state index contributed by atoms with van der Waals surface area (Å²) in [5, 5.41) is 34.0. The third-order valence-electron chi connectivity index (χ3n) is 5.29. The lowest BCUT2D eigenvalue weighted by atomic mass is 9.88. The van der Waals surface area contributed by atoms with Crippen LogP contribution in [0.3, 0.4) is 0 Å². The fourth-order valence-electron chi connectivity index (χ4n) is 3.60. The van der Waals surface area contributed by atoms with Crippen molar-refractivity contribution in [3.63, 3.8) is 0 Å². The molecular weight excluding hydrogens is 405 g/mol. The fourth-order valence-corrected chi connectivity index (χ4v) is 3.91. The van der Waals surface area contributed by atoms with E-state index < -0.39 is 30.1 Å². The van der Waals surface area contributed by atoms with Crippen LogP contribution in [0.2, 0.25) is 10.0 Å². The van der Waals surface area contributed by atoms with Gasteiger partial charge >= 0.3 is 0 Å². The van der Waals surface area contributed by atoms with Crippen molar-refractivity contribution in [2.75, 3.05) is 0 Å². The maximum Gasteiger partial charge on any atom is 0.164 e. The van der Waals surface area contributed by atoms with Crippen LogP contribution >= 0.6 is 23.2 Å². The van der Waals surface area contributed by atoms with Crippen LogP contribution in [0.15, 0.2) is 36.8 Å². The van der Waals surface area contributed by atoms with Crippen LogP contribution in [-0.2, 0) is 4.74 Å². The number of ether oxygens (including phenoxy) is 1. The second-order valence-electron chi connectivity index (χ2n) is 7.16. The van der Waals surface area contributed by atoms with Crippen molar-refractivity contribution in [1.29, 1.82) is 0 Å². The maximum atomic E-state index is 10.9. The normalized spacial score (nSPS) is 28.8. The van der Waals surface area contributed by atoms with Gasteiger partial charge in [-0.05, 0) is 37.6 Å². The number of aromatic nitrogens is 3. The molecule has 0 aliphatic carbocycles. The molecule has 0 spiro atoms. The Hall–Kier alpha value is -1.74. The zero-order valence-corrected chi connectivity index (χ0v) is 16.6. The zero-order valence-electron chi connectivity index (χ0n) is 15.1. The van der Waals surface area contributed by atoms with E-state index in [-0.39, 0.29) is 5.02 Å². The van der Waals surface area contributed by atoms with Crippen molar-refractivity contribution in [2.24, 2.45) is 0 Å². The second kappa shape index (κ2) is 6.95. The molecule has 1 aromatic carbocycles. The van der Waals surface area contributed by atoms with Gasteiger partial charge in [0.05, 0.1) is 15.7 Å². The molecule has 1 saturated heterocycles. The van der Waals surface area contributed by atoms with E-state index in [0.717, 1.165) is 11.1 Å². The molecule has 3 heterocycles. The molecule has 4 rings (SSSR count). The summed E-state index contributed by atoms with van der Waals surface area (Å²) < 4.78 is 7.57. The molecule has 28 heavy (non-hydrogen) atoms. The average Bonchev–Trinajstić information content (AvgIpc) is 3.17. The Morgan fingerprint density at radius 2 is 1.96 bits per heavy atom. The highest BCUT2D eigenvalue weighted by atomic mass is 35.5. The van der Waals surface area contributed by atoms with Crippen LogP contribution in [0.1, 0.15) is 30.5 Å². The Labute approximate surface area is 171 Å². The molecule has 1 fully saturated rings. The SMILES string of the molecule is Cc1ncnc2c1ccn2[C@@H]1O[C@H]([C@H](O)c2ccc(Cl)c(Cl)c2)[C@@](C)(O)[C@H]1O. The van der Waals surface area contributed by atoms with Crippen LogP contribution in [-0.4, -0.2) is 47.7 Å².